The molecule has 0 spiro atoms. The average molecular weight is 395 g/mol. The highest BCUT2D eigenvalue weighted by atomic mass is 16.5. The fourth-order valence-corrected chi connectivity index (χ4v) is 3.89. The number of carboxylic acid groups (broad SMARTS) is 1. The second-order valence-corrected chi connectivity index (χ2v) is 7.76. The predicted molar refractivity (Wildman–Crippen MR) is 112 cm³/mol. The van der Waals surface area contributed by atoms with E-state index in [-0.39, 0.29) is 5.91 Å². The molecule has 1 aliphatic carbocycles. The van der Waals surface area contributed by atoms with Gasteiger partial charge in [0.25, 0.3) is 0 Å². The van der Waals surface area contributed by atoms with E-state index in [0.29, 0.717) is 32.4 Å². The third-order valence-corrected chi connectivity index (χ3v) is 5.60. The highest BCUT2D eigenvalue weighted by molar-refractivity contribution is 5.84. The lowest BCUT2D eigenvalue weighted by atomic mass is 9.78. The van der Waals surface area contributed by atoms with Crippen molar-refractivity contribution < 1.29 is 19.4 Å². The number of hydrogen-bond acceptors (Lipinski definition) is 3. The molecular formula is C24H29NO4. The summed E-state index contributed by atoms with van der Waals surface area (Å²) in [6.07, 6.45) is 3.67. The molecule has 2 aromatic rings. The van der Waals surface area contributed by atoms with E-state index in [1.165, 1.54) is 5.56 Å². The highest BCUT2D eigenvalue weighted by Crippen LogP contribution is 2.30. The minimum Gasteiger partial charge on any atom is -0.489 e. The van der Waals surface area contributed by atoms with Gasteiger partial charge in [-0.2, -0.15) is 0 Å². The van der Waals surface area contributed by atoms with Crippen molar-refractivity contribution in [3.05, 3.63) is 65.2 Å². The van der Waals surface area contributed by atoms with Crippen molar-refractivity contribution in [2.24, 2.45) is 11.8 Å². The van der Waals surface area contributed by atoms with Crippen molar-refractivity contribution >= 4 is 11.9 Å². The van der Waals surface area contributed by atoms with Crippen LogP contribution in [0.1, 0.15) is 42.4 Å². The Bertz CT molecular complexity index is 831. The average Bonchev–Trinajstić information content (AvgIpc) is 2.74. The molecule has 0 aliphatic heterocycles. The third kappa shape index (κ3) is 5.83. The van der Waals surface area contributed by atoms with Crippen LogP contribution in [-0.2, 0) is 22.6 Å². The van der Waals surface area contributed by atoms with Gasteiger partial charge in [-0.15, -0.1) is 0 Å². The molecule has 0 saturated heterocycles. The molecule has 1 amide bonds. The number of benzene rings is 2. The lowest BCUT2D eigenvalue weighted by molar-refractivity contribution is -0.148. The quantitative estimate of drug-likeness (QED) is 0.705. The molecule has 1 saturated carbocycles. The minimum absolute atomic E-state index is 0.143. The van der Waals surface area contributed by atoms with Crippen LogP contribution >= 0.6 is 0 Å². The summed E-state index contributed by atoms with van der Waals surface area (Å²) in [6.45, 7) is 3.01. The third-order valence-electron chi connectivity index (χ3n) is 5.60. The maximum Gasteiger partial charge on any atom is 0.307 e. The van der Waals surface area contributed by atoms with Gasteiger partial charge in [0.2, 0.25) is 5.91 Å². The van der Waals surface area contributed by atoms with Gasteiger partial charge in [0.05, 0.1) is 11.8 Å². The molecule has 2 unspecified atom stereocenters. The van der Waals surface area contributed by atoms with Crippen molar-refractivity contribution in [3.63, 3.8) is 0 Å². The zero-order chi connectivity index (χ0) is 20.6. The number of carbonyl (C=O) groups excluding carboxylic acids is 1. The first-order valence-corrected chi connectivity index (χ1v) is 10.3. The van der Waals surface area contributed by atoms with Gasteiger partial charge in [0.15, 0.2) is 0 Å². The number of aryl methyl sites for hydroxylation is 1. The van der Waals surface area contributed by atoms with Crippen LogP contribution in [0.5, 0.6) is 5.75 Å². The number of para-hydroxylation sites is 1. The van der Waals surface area contributed by atoms with Crippen LogP contribution in [0.25, 0.3) is 0 Å². The molecule has 0 bridgehead atoms. The fraction of sp³-hybridized carbons (Fsp3) is 0.417. The molecule has 2 aromatic carbocycles. The molecule has 2 atom stereocenters. The molecule has 3 rings (SSSR count). The Hall–Kier alpha value is -2.82. The zero-order valence-corrected chi connectivity index (χ0v) is 16.9. The number of rotatable bonds is 8. The summed E-state index contributed by atoms with van der Waals surface area (Å²) in [5.41, 5.74) is 3.35. The Balaban J connectivity index is 1.53. The first kappa shape index (κ1) is 20.9. The number of nitrogens with one attached hydrogen (secondary N) is 1. The molecule has 1 aliphatic rings. The van der Waals surface area contributed by atoms with E-state index in [9.17, 15) is 14.7 Å². The first-order chi connectivity index (χ1) is 14.0. The number of carbonyl (C=O) groups is 2. The Kier molecular flexibility index (Phi) is 7.28. The molecule has 29 heavy (non-hydrogen) atoms. The summed E-state index contributed by atoms with van der Waals surface area (Å²) in [7, 11) is 0. The Labute approximate surface area is 172 Å². The first-order valence-electron chi connectivity index (χ1n) is 10.3. The van der Waals surface area contributed by atoms with Crippen LogP contribution < -0.4 is 10.1 Å². The number of hydrogen-bond donors (Lipinski definition) is 2. The van der Waals surface area contributed by atoms with Crippen molar-refractivity contribution in [2.45, 2.75) is 45.6 Å². The standard InChI is InChI=1S/C24H29NO4/c1-17-10-12-18(13-11-17)16-29-22-9-5-2-6-19(22)14-15-25-23(26)20-7-3-4-8-21(20)24(27)28/h2,5-6,9-13,20-21H,3-4,7-8,14-16H2,1H3,(H,25,26)(H,27,28). The molecule has 2 N–H and O–H groups in total. The zero-order valence-electron chi connectivity index (χ0n) is 16.9. The topological polar surface area (TPSA) is 75.6 Å². The van der Waals surface area contributed by atoms with Crippen LogP contribution in [0.2, 0.25) is 0 Å². The predicted octanol–water partition coefficient (Wildman–Crippen LogP) is 4.12. The number of amides is 1. The van der Waals surface area contributed by atoms with Gasteiger partial charge in [-0.1, -0.05) is 60.9 Å². The Morgan fingerprint density at radius 2 is 1.72 bits per heavy atom. The van der Waals surface area contributed by atoms with E-state index in [4.69, 9.17) is 4.74 Å². The minimum atomic E-state index is -0.861. The monoisotopic (exact) mass is 395 g/mol. The molecule has 1 fully saturated rings. The normalized spacial score (nSPS) is 18.8. The molecular weight excluding hydrogens is 366 g/mol. The summed E-state index contributed by atoms with van der Waals surface area (Å²) in [5.74, 6) is -1.18. The van der Waals surface area contributed by atoms with E-state index in [0.717, 1.165) is 29.7 Å². The molecule has 0 heterocycles. The summed E-state index contributed by atoms with van der Waals surface area (Å²) in [6, 6.07) is 16.1. The second kappa shape index (κ2) is 10.1. The van der Waals surface area contributed by atoms with Gasteiger partial charge in [-0.25, -0.2) is 0 Å². The van der Waals surface area contributed by atoms with E-state index >= 15 is 0 Å². The van der Waals surface area contributed by atoms with Gasteiger partial charge in [-0.05, 0) is 43.4 Å². The summed E-state index contributed by atoms with van der Waals surface area (Å²) in [5, 5.41) is 12.3. The van der Waals surface area contributed by atoms with Crippen molar-refractivity contribution in [1.29, 1.82) is 0 Å². The molecule has 0 aromatic heterocycles. The van der Waals surface area contributed by atoms with Crippen molar-refractivity contribution in [2.75, 3.05) is 6.54 Å². The van der Waals surface area contributed by atoms with Crippen LogP contribution in [0, 0.1) is 18.8 Å². The van der Waals surface area contributed by atoms with E-state index < -0.39 is 17.8 Å². The summed E-state index contributed by atoms with van der Waals surface area (Å²) in [4.78, 5) is 23.9. The lowest BCUT2D eigenvalue weighted by Crippen LogP contribution is -2.40. The summed E-state index contributed by atoms with van der Waals surface area (Å²) < 4.78 is 6.00. The van der Waals surface area contributed by atoms with Gasteiger partial charge in [-0.3, -0.25) is 9.59 Å². The van der Waals surface area contributed by atoms with E-state index in [2.05, 4.69) is 36.5 Å². The number of carboxylic acids is 1. The van der Waals surface area contributed by atoms with Crippen LogP contribution in [0.3, 0.4) is 0 Å². The van der Waals surface area contributed by atoms with E-state index in [1.807, 2.05) is 24.3 Å². The fourth-order valence-electron chi connectivity index (χ4n) is 3.89. The maximum absolute atomic E-state index is 12.5. The molecule has 5 nitrogen and oxygen atoms in total. The van der Waals surface area contributed by atoms with Crippen molar-refractivity contribution in [1.82, 2.24) is 5.32 Å². The van der Waals surface area contributed by atoms with Gasteiger partial charge in [0, 0.05) is 6.54 Å². The molecule has 5 heteroatoms. The number of ether oxygens (including phenoxy) is 1. The lowest BCUT2D eigenvalue weighted by Gasteiger charge is -2.27. The van der Waals surface area contributed by atoms with Crippen LogP contribution in [0.15, 0.2) is 48.5 Å². The van der Waals surface area contributed by atoms with Gasteiger partial charge < -0.3 is 15.2 Å². The Morgan fingerprint density at radius 3 is 2.45 bits per heavy atom. The summed E-state index contributed by atoms with van der Waals surface area (Å²) >= 11 is 0. The number of aliphatic carboxylic acids is 1. The highest BCUT2D eigenvalue weighted by Gasteiger charge is 2.35. The maximum atomic E-state index is 12.5. The molecule has 154 valence electrons. The van der Waals surface area contributed by atoms with E-state index in [1.54, 1.807) is 0 Å². The van der Waals surface area contributed by atoms with Crippen molar-refractivity contribution in [3.8, 4) is 5.75 Å². The smallest absolute Gasteiger partial charge is 0.307 e. The second-order valence-electron chi connectivity index (χ2n) is 7.76. The largest absolute Gasteiger partial charge is 0.489 e. The van der Waals surface area contributed by atoms with Crippen LogP contribution in [-0.4, -0.2) is 23.5 Å². The Morgan fingerprint density at radius 1 is 1.03 bits per heavy atom. The molecule has 0 radical (unpaired) electrons. The SMILES string of the molecule is Cc1ccc(COc2ccccc2CCNC(=O)C2CCCCC2C(=O)O)cc1. The van der Waals surface area contributed by atoms with Crippen LogP contribution in [0.4, 0.5) is 0 Å². The van der Waals surface area contributed by atoms with Gasteiger partial charge >= 0.3 is 5.97 Å². The van der Waals surface area contributed by atoms with Gasteiger partial charge in [0.1, 0.15) is 12.4 Å².